The summed E-state index contributed by atoms with van der Waals surface area (Å²) in [7, 11) is 0. The Morgan fingerprint density at radius 1 is 1.30 bits per heavy atom. The summed E-state index contributed by atoms with van der Waals surface area (Å²) in [6.45, 7) is 3.24. The highest BCUT2D eigenvalue weighted by atomic mass is 32.1. The summed E-state index contributed by atoms with van der Waals surface area (Å²) in [6, 6.07) is 10.0. The normalized spacial score (nSPS) is 23.8. The fraction of sp³-hybridized carbons (Fsp3) is 0.438. The summed E-state index contributed by atoms with van der Waals surface area (Å²) in [5.74, 6) is 0.101. The number of carbonyl (C=O) groups excluding carboxylic acids is 1. The van der Waals surface area contributed by atoms with Gasteiger partial charge in [0, 0.05) is 17.8 Å². The lowest BCUT2D eigenvalue weighted by Gasteiger charge is -2.22. The van der Waals surface area contributed by atoms with E-state index in [9.17, 15) is 9.90 Å². The van der Waals surface area contributed by atoms with Crippen molar-refractivity contribution in [2.24, 2.45) is 0 Å². The van der Waals surface area contributed by atoms with Crippen LogP contribution in [0.3, 0.4) is 0 Å². The molecule has 1 saturated heterocycles. The zero-order valence-electron chi connectivity index (χ0n) is 11.6. The molecule has 4 heteroatoms. The van der Waals surface area contributed by atoms with Crippen LogP contribution in [0.5, 0.6) is 0 Å². The minimum absolute atomic E-state index is 0.101. The van der Waals surface area contributed by atoms with E-state index in [0.717, 1.165) is 34.3 Å². The molecule has 1 amide bonds. The van der Waals surface area contributed by atoms with E-state index < -0.39 is 5.60 Å². The maximum Gasteiger partial charge on any atom is 0.263 e. The molecule has 106 valence electrons. The molecule has 2 heterocycles. The third-order valence-corrected chi connectivity index (χ3v) is 5.09. The molecule has 1 N–H and O–H groups in total. The molecule has 20 heavy (non-hydrogen) atoms. The van der Waals surface area contributed by atoms with Gasteiger partial charge in [-0.1, -0.05) is 18.2 Å². The number of fused-ring (bicyclic) bond motifs is 1. The van der Waals surface area contributed by atoms with Crippen LogP contribution in [0.15, 0.2) is 30.3 Å². The Morgan fingerprint density at radius 3 is 2.90 bits per heavy atom. The number of thiophene rings is 1. The molecule has 1 unspecified atom stereocenters. The van der Waals surface area contributed by atoms with Crippen LogP contribution in [0.25, 0.3) is 10.1 Å². The first kappa shape index (κ1) is 13.6. The highest BCUT2D eigenvalue weighted by molar-refractivity contribution is 7.20. The topological polar surface area (TPSA) is 40.5 Å². The summed E-state index contributed by atoms with van der Waals surface area (Å²) in [5, 5.41) is 11.2. The Labute approximate surface area is 122 Å². The largest absolute Gasteiger partial charge is 0.390 e. The van der Waals surface area contributed by atoms with Gasteiger partial charge >= 0.3 is 0 Å². The van der Waals surface area contributed by atoms with Crippen LogP contribution in [0.2, 0.25) is 0 Å². The van der Waals surface area contributed by atoms with Gasteiger partial charge < -0.3 is 10.0 Å². The number of carbonyl (C=O) groups is 1. The Balaban J connectivity index is 1.81. The van der Waals surface area contributed by atoms with Gasteiger partial charge in [-0.3, -0.25) is 4.79 Å². The molecule has 0 radical (unpaired) electrons. The van der Waals surface area contributed by atoms with E-state index in [-0.39, 0.29) is 5.91 Å². The Hall–Kier alpha value is -1.39. The molecule has 1 aromatic heterocycles. The fourth-order valence-electron chi connectivity index (χ4n) is 2.71. The summed E-state index contributed by atoms with van der Waals surface area (Å²) in [6.07, 6.45) is 2.29. The minimum atomic E-state index is -0.630. The molecule has 3 rings (SSSR count). The average molecular weight is 289 g/mol. The van der Waals surface area contributed by atoms with Crippen LogP contribution in [-0.2, 0) is 0 Å². The van der Waals surface area contributed by atoms with Crippen LogP contribution >= 0.6 is 11.3 Å². The van der Waals surface area contributed by atoms with Crippen molar-refractivity contribution in [3.63, 3.8) is 0 Å². The molecule has 0 bridgehead atoms. The number of likely N-dealkylation sites (tertiary alicyclic amines) is 1. The van der Waals surface area contributed by atoms with Crippen molar-refractivity contribution in [1.82, 2.24) is 4.90 Å². The molecular formula is C16H19NO2S. The molecule has 0 spiro atoms. The van der Waals surface area contributed by atoms with Crippen molar-refractivity contribution < 1.29 is 9.90 Å². The third-order valence-electron chi connectivity index (χ3n) is 3.99. The monoisotopic (exact) mass is 289 g/mol. The van der Waals surface area contributed by atoms with Crippen molar-refractivity contribution in [3.8, 4) is 0 Å². The van der Waals surface area contributed by atoms with Crippen LogP contribution in [-0.4, -0.2) is 34.6 Å². The molecule has 1 fully saturated rings. The lowest BCUT2D eigenvalue weighted by atomic mass is 9.98. The summed E-state index contributed by atoms with van der Waals surface area (Å²) < 4.78 is 1.15. The van der Waals surface area contributed by atoms with E-state index in [1.54, 1.807) is 11.3 Å². The quantitative estimate of drug-likeness (QED) is 0.875. The van der Waals surface area contributed by atoms with Gasteiger partial charge in [-0.15, -0.1) is 11.3 Å². The molecule has 3 nitrogen and oxygen atoms in total. The first-order valence-electron chi connectivity index (χ1n) is 7.05. The number of amides is 1. The van der Waals surface area contributed by atoms with E-state index in [4.69, 9.17) is 0 Å². The first-order valence-corrected chi connectivity index (χ1v) is 7.87. The van der Waals surface area contributed by atoms with Crippen molar-refractivity contribution in [2.45, 2.75) is 31.8 Å². The van der Waals surface area contributed by atoms with Crippen molar-refractivity contribution in [2.75, 3.05) is 13.1 Å². The van der Waals surface area contributed by atoms with Crippen LogP contribution in [0, 0.1) is 0 Å². The average Bonchev–Trinajstić information content (AvgIpc) is 2.77. The summed E-state index contributed by atoms with van der Waals surface area (Å²) in [4.78, 5) is 15.3. The van der Waals surface area contributed by atoms with Gasteiger partial charge in [0.25, 0.3) is 5.91 Å². The molecule has 1 aliphatic heterocycles. The van der Waals surface area contributed by atoms with E-state index in [1.165, 1.54) is 0 Å². The predicted octanol–water partition coefficient (Wildman–Crippen LogP) is 3.28. The van der Waals surface area contributed by atoms with Crippen molar-refractivity contribution in [3.05, 3.63) is 35.2 Å². The molecule has 1 atom stereocenters. The van der Waals surface area contributed by atoms with Crippen molar-refractivity contribution >= 4 is 27.3 Å². The number of rotatable bonds is 1. The predicted molar refractivity (Wildman–Crippen MR) is 82.2 cm³/mol. The lowest BCUT2D eigenvalue weighted by Crippen LogP contribution is -2.33. The van der Waals surface area contributed by atoms with E-state index >= 15 is 0 Å². The van der Waals surface area contributed by atoms with Gasteiger partial charge in [-0.25, -0.2) is 0 Å². The smallest absolute Gasteiger partial charge is 0.263 e. The van der Waals surface area contributed by atoms with Gasteiger partial charge in [0.2, 0.25) is 0 Å². The molecule has 0 aliphatic carbocycles. The maximum absolute atomic E-state index is 12.6. The fourth-order valence-corrected chi connectivity index (χ4v) is 3.74. The lowest BCUT2D eigenvalue weighted by molar-refractivity contribution is 0.0438. The Morgan fingerprint density at radius 2 is 2.10 bits per heavy atom. The molecule has 1 aliphatic rings. The van der Waals surface area contributed by atoms with Gasteiger partial charge in [-0.05, 0) is 43.7 Å². The Bertz CT molecular complexity index is 599. The molecule has 2 aromatic rings. The second-order valence-corrected chi connectivity index (χ2v) is 6.87. The van der Waals surface area contributed by atoms with Crippen molar-refractivity contribution in [1.29, 1.82) is 0 Å². The molecular weight excluding hydrogens is 270 g/mol. The highest BCUT2D eigenvalue weighted by Gasteiger charge is 2.28. The summed E-state index contributed by atoms with van der Waals surface area (Å²) in [5.41, 5.74) is -0.630. The Kier molecular flexibility index (Phi) is 3.52. The standard InChI is InChI=1S/C16H19NO2S/c1-16(19)7-4-9-17(10-8-16)15(18)14-11-12-5-2-3-6-13(12)20-14/h2-3,5-6,11,19H,4,7-10H2,1H3. The first-order chi connectivity index (χ1) is 9.55. The van der Waals surface area contributed by atoms with Gasteiger partial charge in [0.05, 0.1) is 10.5 Å². The summed E-state index contributed by atoms with van der Waals surface area (Å²) >= 11 is 1.55. The number of aliphatic hydroxyl groups is 1. The SMILES string of the molecule is CC1(O)CCCN(C(=O)c2cc3ccccc3s2)CC1. The van der Waals surface area contributed by atoms with E-state index in [0.29, 0.717) is 13.0 Å². The number of hydrogen-bond acceptors (Lipinski definition) is 3. The molecule has 1 aromatic carbocycles. The van der Waals surface area contributed by atoms with E-state index in [1.807, 2.05) is 42.2 Å². The zero-order chi connectivity index (χ0) is 14.2. The molecule has 0 saturated carbocycles. The van der Waals surface area contributed by atoms with Gasteiger partial charge in [0.1, 0.15) is 0 Å². The number of benzene rings is 1. The second-order valence-electron chi connectivity index (χ2n) is 5.79. The zero-order valence-corrected chi connectivity index (χ0v) is 12.4. The van der Waals surface area contributed by atoms with Gasteiger partial charge in [0.15, 0.2) is 0 Å². The minimum Gasteiger partial charge on any atom is -0.390 e. The second kappa shape index (κ2) is 5.19. The third kappa shape index (κ3) is 2.72. The van der Waals surface area contributed by atoms with Crippen LogP contribution in [0.1, 0.15) is 35.9 Å². The number of hydrogen-bond donors (Lipinski definition) is 1. The maximum atomic E-state index is 12.6. The highest BCUT2D eigenvalue weighted by Crippen LogP contribution is 2.28. The van der Waals surface area contributed by atoms with Gasteiger partial charge in [-0.2, -0.15) is 0 Å². The van der Waals surface area contributed by atoms with Crippen LogP contribution < -0.4 is 0 Å². The van der Waals surface area contributed by atoms with Crippen LogP contribution in [0.4, 0.5) is 0 Å². The number of nitrogens with zero attached hydrogens (tertiary/aromatic N) is 1. The van der Waals surface area contributed by atoms with E-state index in [2.05, 4.69) is 0 Å².